The molecule has 1 N–H and O–H groups in total. The third-order valence-corrected chi connectivity index (χ3v) is 4.49. The van der Waals surface area contributed by atoms with Gasteiger partial charge in [0.05, 0.1) is 5.51 Å². The first kappa shape index (κ1) is 12.0. The van der Waals surface area contributed by atoms with E-state index in [0.29, 0.717) is 16.4 Å². The predicted octanol–water partition coefficient (Wildman–Crippen LogP) is 2.83. The molecular weight excluding hydrogens is 288 g/mol. The maximum Gasteiger partial charge on any atom is 0.270 e. The van der Waals surface area contributed by atoms with E-state index < -0.39 is 0 Å². The minimum atomic E-state index is -0.0396. The lowest BCUT2D eigenvalue weighted by Crippen LogP contribution is -2.31. The Balaban J connectivity index is 1.73. The van der Waals surface area contributed by atoms with Crippen LogP contribution in [0.3, 0.4) is 0 Å². The van der Waals surface area contributed by atoms with Gasteiger partial charge in [0.2, 0.25) is 0 Å². The molecule has 2 rings (SSSR count). The molecule has 1 amide bonds. The Kier molecular flexibility index (Phi) is 4.35. The molecule has 1 aromatic heterocycles. The Morgan fingerprint density at radius 1 is 1.50 bits per heavy atom. The average molecular weight is 303 g/mol. The molecule has 0 spiro atoms. The minimum Gasteiger partial charge on any atom is -0.350 e. The molecule has 1 aliphatic rings. The van der Waals surface area contributed by atoms with E-state index in [2.05, 4.69) is 26.2 Å². The third-order valence-electron chi connectivity index (χ3n) is 2.99. The lowest BCUT2D eigenvalue weighted by molar-refractivity contribution is 0.0939. The van der Waals surface area contributed by atoms with Gasteiger partial charge in [-0.15, -0.1) is 11.3 Å². The monoisotopic (exact) mass is 302 g/mol. The van der Waals surface area contributed by atoms with Gasteiger partial charge in [-0.1, -0.05) is 15.9 Å². The zero-order valence-electron chi connectivity index (χ0n) is 8.99. The molecule has 3 nitrogen and oxygen atoms in total. The van der Waals surface area contributed by atoms with Gasteiger partial charge in [0.1, 0.15) is 5.69 Å². The number of carbonyl (C=O) groups excluding carboxylic acids is 1. The lowest BCUT2D eigenvalue weighted by atomic mass is 9.89. The molecule has 0 aromatic carbocycles. The van der Waals surface area contributed by atoms with Crippen LogP contribution in [0.4, 0.5) is 0 Å². The number of hydrogen-bond donors (Lipinski definition) is 1. The minimum absolute atomic E-state index is 0.0396. The van der Waals surface area contributed by atoms with Crippen LogP contribution in [0.15, 0.2) is 10.9 Å². The van der Waals surface area contributed by atoms with Crippen LogP contribution in [0.2, 0.25) is 0 Å². The Morgan fingerprint density at radius 3 is 2.88 bits per heavy atom. The van der Waals surface area contributed by atoms with Gasteiger partial charge in [0.15, 0.2) is 0 Å². The highest BCUT2D eigenvalue weighted by Gasteiger charge is 2.19. The second-order valence-electron chi connectivity index (χ2n) is 4.20. The summed E-state index contributed by atoms with van der Waals surface area (Å²) in [6.07, 6.45) is 4.84. The van der Waals surface area contributed by atoms with Crippen molar-refractivity contribution in [1.29, 1.82) is 0 Å². The molecular formula is C11H15BrN2OS. The first-order chi connectivity index (χ1) is 7.75. The normalized spacial score (nSPS) is 25.3. The Bertz CT molecular complexity index is 334. The smallest absolute Gasteiger partial charge is 0.270 e. The van der Waals surface area contributed by atoms with E-state index in [-0.39, 0.29) is 5.91 Å². The number of nitrogens with zero attached hydrogens (tertiary/aromatic N) is 1. The van der Waals surface area contributed by atoms with Gasteiger partial charge in [-0.3, -0.25) is 4.79 Å². The second-order valence-corrected chi connectivity index (χ2v) is 6.22. The van der Waals surface area contributed by atoms with Gasteiger partial charge in [0.25, 0.3) is 5.91 Å². The summed E-state index contributed by atoms with van der Waals surface area (Å²) >= 11 is 5.08. The summed E-state index contributed by atoms with van der Waals surface area (Å²) in [5, 5.41) is 4.74. The zero-order chi connectivity index (χ0) is 11.4. The molecule has 1 fully saturated rings. The molecule has 0 saturated heterocycles. The van der Waals surface area contributed by atoms with E-state index in [1.54, 1.807) is 10.9 Å². The number of alkyl halides is 1. The summed E-state index contributed by atoms with van der Waals surface area (Å²) in [7, 11) is 0. The average Bonchev–Trinajstić information content (AvgIpc) is 2.81. The fourth-order valence-electron chi connectivity index (χ4n) is 1.98. The summed E-state index contributed by atoms with van der Waals surface area (Å²) in [5.41, 5.74) is 2.23. The van der Waals surface area contributed by atoms with Gasteiger partial charge >= 0.3 is 0 Å². The third kappa shape index (κ3) is 3.28. The second kappa shape index (κ2) is 5.77. The van der Waals surface area contributed by atoms with Gasteiger partial charge in [-0.25, -0.2) is 4.98 Å². The number of halogens is 1. The van der Waals surface area contributed by atoms with E-state index in [1.807, 2.05) is 0 Å². The van der Waals surface area contributed by atoms with Gasteiger partial charge in [0, 0.05) is 16.8 Å². The van der Waals surface area contributed by atoms with Crippen molar-refractivity contribution in [3.8, 4) is 0 Å². The molecule has 1 aliphatic carbocycles. The highest BCUT2D eigenvalue weighted by Crippen LogP contribution is 2.28. The number of carbonyl (C=O) groups is 1. The quantitative estimate of drug-likeness (QED) is 0.873. The fourth-order valence-corrected chi connectivity index (χ4v) is 3.04. The topological polar surface area (TPSA) is 42.0 Å². The van der Waals surface area contributed by atoms with Crippen molar-refractivity contribution in [3.05, 3.63) is 16.6 Å². The van der Waals surface area contributed by atoms with Crippen LogP contribution in [-0.2, 0) is 0 Å². The van der Waals surface area contributed by atoms with Crippen LogP contribution in [0.25, 0.3) is 0 Å². The first-order valence-corrected chi connectivity index (χ1v) is 7.42. The van der Waals surface area contributed by atoms with Crippen molar-refractivity contribution < 1.29 is 4.79 Å². The fraction of sp³-hybridized carbons (Fsp3) is 0.636. The number of hydrogen-bond acceptors (Lipinski definition) is 3. The standard InChI is InChI=1S/C11H15BrN2OS/c12-9-3-1-8(2-4-9)5-13-11(15)10-6-16-7-14-10/h6-9H,1-5H2,(H,13,15). The summed E-state index contributed by atoms with van der Waals surface area (Å²) < 4.78 is 0. The van der Waals surface area contributed by atoms with Crippen molar-refractivity contribution in [2.75, 3.05) is 6.54 Å². The summed E-state index contributed by atoms with van der Waals surface area (Å²) in [6, 6.07) is 0. The maximum atomic E-state index is 11.6. The molecule has 1 heterocycles. The van der Waals surface area contributed by atoms with Crippen LogP contribution in [0.5, 0.6) is 0 Å². The van der Waals surface area contributed by atoms with Crippen molar-refractivity contribution in [1.82, 2.24) is 10.3 Å². The zero-order valence-corrected chi connectivity index (χ0v) is 11.4. The van der Waals surface area contributed by atoms with E-state index in [4.69, 9.17) is 0 Å². The van der Waals surface area contributed by atoms with Crippen molar-refractivity contribution >= 4 is 33.2 Å². The van der Waals surface area contributed by atoms with Gasteiger partial charge in [-0.05, 0) is 31.6 Å². The first-order valence-electron chi connectivity index (χ1n) is 5.56. The van der Waals surface area contributed by atoms with E-state index in [9.17, 15) is 4.79 Å². The van der Waals surface area contributed by atoms with Crippen molar-refractivity contribution in [2.45, 2.75) is 30.5 Å². The van der Waals surface area contributed by atoms with Crippen LogP contribution in [-0.4, -0.2) is 22.3 Å². The molecule has 0 radical (unpaired) electrons. The molecule has 1 aromatic rings. The molecule has 1 saturated carbocycles. The SMILES string of the molecule is O=C(NCC1CCC(Br)CC1)c1cscn1. The van der Waals surface area contributed by atoms with Gasteiger partial charge < -0.3 is 5.32 Å². The Morgan fingerprint density at radius 2 is 2.25 bits per heavy atom. The van der Waals surface area contributed by atoms with Gasteiger partial charge in [-0.2, -0.15) is 0 Å². The Hall–Kier alpha value is -0.420. The van der Waals surface area contributed by atoms with E-state index in [0.717, 1.165) is 6.54 Å². The Labute approximate surface area is 108 Å². The highest BCUT2D eigenvalue weighted by molar-refractivity contribution is 9.09. The lowest BCUT2D eigenvalue weighted by Gasteiger charge is -2.25. The van der Waals surface area contributed by atoms with Crippen molar-refractivity contribution in [2.24, 2.45) is 5.92 Å². The maximum absolute atomic E-state index is 11.6. The van der Waals surface area contributed by atoms with Crippen LogP contribution in [0.1, 0.15) is 36.2 Å². The van der Waals surface area contributed by atoms with Crippen LogP contribution >= 0.6 is 27.3 Å². The van der Waals surface area contributed by atoms with E-state index in [1.165, 1.54) is 37.0 Å². The molecule has 5 heteroatoms. The molecule has 0 unspecified atom stereocenters. The molecule has 0 aliphatic heterocycles. The molecule has 0 bridgehead atoms. The number of amides is 1. The number of aromatic nitrogens is 1. The summed E-state index contributed by atoms with van der Waals surface area (Å²) in [5.74, 6) is 0.596. The molecule has 16 heavy (non-hydrogen) atoms. The molecule has 0 atom stereocenters. The predicted molar refractivity (Wildman–Crippen MR) is 69.1 cm³/mol. The van der Waals surface area contributed by atoms with E-state index >= 15 is 0 Å². The summed E-state index contributed by atoms with van der Waals surface area (Å²) in [4.78, 5) is 16.3. The number of rotatable bonds is 3. The molecule has 88 valence electrons. The van der Waals surface area contributed by atoms with Crippen molar-refractivity contribution in [3.63, 3.8) is 0 Å². The van der Waals surface area contributed by atoms with Crippen LogP contribution in [0, 0.1) is 5.92 Å². The largest absolute Gasteiger partial charge is 0.350 e. The number of nitrogens with one attached hydrogen (secondary N) is 1. The van der Waals surface area contributed by atoms with Crippen LogP contribution < -0.4 is 5.32 Å². The highest BCUT2D eigenvalue weighted by atomic mass is 79.9. The summed E-state index contributed by atoms with van der Waals surface area (Å²) in [6.45, 7) is 0.788. The number of thiazole rings is 1.